The fraction of sp³-hybridized carbons (Fsp3) is 0.350. The molecule has 0 atom stereocenters. The number of nitriles is 1. The van der Waals surface area contributed by atoms with Crippen molar-refractivity contribution in [2.75, 3.05) is 0 Å². The van der Waals surface area contributed by atoms with Gasteiger partial charge in [-0.3, -0.25) is 0 Å². The summed E-state index contributed by atoms with van der Waals surface area (Å²) < 4.78 is 0. The van der Waals surface area contributed by atoms with Crippen molar-refractivity contribution in [2.45, 2.75) is 46.0 Å². The highest BCUT2D eigenvalue weighted by Crippen LogP contribution is 2.30. The van der Waals surface area contributed by atoms with Crippen molar-refractivity contribution in [3.63, 3.8) is 0 Å². The van der Waals surface area contributed by atoms with Crippen LogP contribution in [0.1, 0.15) is 67.3 Å². The summed E-state index contributed by atoms with van der Waals surface area (Å²) in [5, 5.41) is 10.1. The van der Waals surface area contributed by atoms with E-state index in [4.69, 9.17) is 11.6 Å². The van der Waals surface area contributed by atoms with E-state index in [1.165, 1.54) is 11.1 Å². The summed E-state index contributed by atoms with van der Waals surface area (Å²) >= 11 is 6.39. The topological polar surface area (TPSA) is 23.8 Å². The number of benzene rings is 2. The lowest BCUT2D eigenvalue weighted by atomic mass is 9.93. The molecule has 0 aliphatic rings. The summed E-state index contributed by atoms with van der Waals surface area (Å²) in [4.78, 5) is 0. The molecule has 1 nitrogen and oxygen atoms in total. The zero-order chi connectivity index (χ0) is 16.3. The summed E-state index contributed by atoms with van der Waals surface area (Å²) in [7, 11) is 0. The third-order valence-electron chi connectivity index (χ3n) is 3.94. The van der Waals surface area contributed by atoms with Gasteiger partial charge in [-0.2, -0.15) is 5.26 Å². The van der Waals surface area contributed by atoms with Crippen LogP contribution in [0.4, 0.5) is 0 Å². The Bertz CT molecular complexity index is 691. The van der Waals surface area contributed by atoms with E-state index in [9.17, 15) is 5.26 Å². The Morgan fingerprint density at radius 1 is 0.955 bits per heavy atom. The summed E-state index contributed by atoms with van der Waals surface area (Å²) in [6.07, 6.45) is 0.797. The average molecular weight is 312 g/mol. The number of halogens is 1. The molecule has 22 heavy (non-hydrogen) atoms. The highest BCUT2D eigenvalue weighted by Gasteiger charge is 2.13. The smallest absolute Gasteiger partial charge is 0.0995 e. The molecule has 0 saturated heterocycles. The van der Waals surface area contributed by atoms with E-state index < -0.39 is 0 Å². The zero-order valence-corrected chi connectivity index (χ0v) is 14.4. The Hall–Kier alpha value is -1.78. The van der Waals surface area contributed by atoms with Gasteiger partial charge in [0.2, 0.25) is 0 Å². The van der Waals surface area contributed by atoms with Crippen molar-refractivity contribution in [1.82, 2.24) is 0 Å². The third-order valence-corrected chi connectivity index (χ3v) is 4.25. The van der Waals surface area contributed by atoms with Crippen molar-refractivity contribution in [3.05, 3.63) is 69.2 Å². The Labute approximate surface area is 138 Å². The molecule has 0 aromatic heterocycles. The number of rotatable bonds is 4. The molecule has 0 amide bonds. The monoisotopic (exact) mass is 311 g/mol. The second-order valence-electron chi connectivity index (χ2n) is 6.38. The van der Waals surface area contributed by atoms with Gasteiger partial charge in [-0.05, 0) is 52.6 Å². The first-order valence-electron chi connectivity index (χ1n) is 7.73. The Kier molecular flexibility index (Phi) is 5.27. The zero-order valence-electron chi connectivity index (χ0n) is 13.7. The lowest BCUT2D eigenvalue weighted by molar-refractivity contribution is 0.860. The Morgan fingerprint density at radius 2 is 1.59 bits per heavy atom. The first-order valence-corrected chi connectivity index (χ1v) is 8.11. The van der Waals surface area contributed by atoms with Crippen LogP contribution in [-0.4, -0.2) is 0 Å². The highest BCUT2D eigenvalue weighted by atomic mass is 35.5. The van der Waals surface area contributed by atoms with E-state index in [1.54, 1.807) is 0 Å². The van der Waals surface area contributed by atoms with Crippen LogP contribution < -0.4 is 0 Å². The molecular weight excluding hydrogens is 290 g/mol. The van der Waals surface area contributed by atoms with E-state index >= 15 is 0 Å². The maximum Gasteiger partial charge on any atom is 0.0995 e. The summed E-state index contributed by atoms with van der Waals surface area (Å²) in [5.74, 6) is 0.792. The molecule has 2 rings (SSSR count). The first-order chi connectivity index (χ1) is 10.4. The maximum atomic E-state index is 9.37. The second-order valence-corrected chi connectivity index (χ2v) is 6.79. The van der Waals surface area contributed by atoms with E-state index in [-0.39, 0.29) is 5.92 Å². The number of nitrogens with zero attached hydrogens (tertiary/aromatic N) is 1. The largest absolute Gasteiger partial charge is 0.192 e. The van der Waals surface area contributed by atoms with Crippen LogP contribution in [0.25, 0.3) is 0 Å². The van der Waals surface area contributed by atoms with Crippen molar-refractivity contribution in [1.29, 1.82) is 5.26 Å². The quantitative estimate of drug-likeness (QED) is 0.674. The van der Waals surface area contributed by atoms with Crippen LogP contribution >= 0.6 is 11.6 Å². The van der Waals surface area contributed by atoms with Crippen LogP contribution in [-0.2, 0) is 6.42 Å². The predicted octanol–water partition coefficient (Wildman–Crippen LogP) is 6.05. The van der Waals surface area contributed by atoms with Gasteiger partial charge in [0, 0.05) is 5.02 Å². The van der Waals surface area contributed by atoms with E-state index in [0.717, 1.165) is 17.5 Å². The van der Waals surface area contributed by atoms with Gasteiger partial charge < -0.3 is 0 Å². The summed E-state index contributed by atoms with van der Waals surface area (Å²) in [6.45, 7) is 8.51. The SMILES string of the molecule is CC(C)c1ccc(Cc2cc(Cl)c(C(C)C)c(C#N)c2)cc1. The molecule has 2 heteroatoms. The second kappa shape index (κ2) is 6.99. The molecule has 0 saturated carbocycles. The van der Waals surface area contributed by atoms with Crippen LogP contribution in [0.2, 0.25) is 5.02 Å². The van der Waals surface area contributed by atoms with E-state index in [0.29, 0.717) is 16.5 Å². The molecule has 0 spiro atoms. The average Bonchev–Trinajstić information content (AvgIpc) is 2.46. The van der Waals surface area contributed by atoms with Crippen molar-refractivity contribution in [3.8, 4) is 6.07 Å². The maximum absolute atomic E-state index is 9.37. The third kappa shape index (κ3) is 3.70. The van der Waals surface area contributed by atoms with Gasteiger partial charge in [0.05, 0.1) is 11.6 Å². The fourth-order valence-corrected chi connectivity index (χ4v) is 3.17. The van der Waals surface area contributed by atoms with Gasteiger partial charge >= 0.3 is 0 Å². The van der Waals surface area contributed by atoms with Gasteiger partial charge in [-0.25, -0.2) is 0 Å². The highest BCUT2D eigenvalue weighted by molar-refractivity contribution is 6.31. The van der Waals surface area contributed by atoms with E-state index in [2.05, 4.69) is 58.0 Å². The normalized spacial score (nSPS) is 11.0. The van der Waals surface area contributed by atoms with Gasteiger partial charge in [0.1, 0.15) is 0 Å². The van der Waals surface area contributed by atoms with Gasteiger partial charge in [-0.15, -0.1) is 0 Å². The van der Waals surface area contributed by atoms with Gasteiger partial charge in [0.25, 0.3) is 0 Å². The minimum absolute atomic E-state index is 0.251. The first kappa shape index (κ1) is 16.6. The molecular formula is C20H22ClN. The van der Waals surface area contributed by atoms with Crippen LogP contribution in [0.3, 0.4) is 0 Å². The summed E-state index contributed by atoms with van der Waals surface area (Å²) in [6, 6.07) is 14.9. The van der Waals surface area contributed by atoms with Crippen LogP contribution in [0.15, 0.2) is 36.4 Å². The van der Waals surface area contributed by atoms with Crippen molar-refractivity contribution in [2.24, 2.45) is 0 Å². The standard InChI is InChI=1S/C20H22ClN/c1-13(2)17-7-5-15(6-8-17)9-16-10-18(12-22)20(14(3)4)19(21)11-16/h5-8,10-11,13-14H,9H2,1-4H3. The minimum atomic E-state index is 0.251. The minimum Gasteiger partial charge on any atom is -0.192 e. The van der Waals surface area contributed by atoms with Gasteiger partial charge in [-0.1, -0.05) is 63.6 Å². The molecule has 114 valence electrons. The molecule has 0 N–H and O–H groups in total. The van der Waals surface area contributed by atoms with Crippen molar-refractivity contribution < 1.29 is 0 Å². The lowest BCUT2D eigenvalue weighted by Gasteiger charge is -2.13. The fourth-order valence-electron chi connectivity index (χ4n) is 2.71. The molecule has 0 unspecified atom stereocenters. The van der Waals surface area contributed by atoms with Gasteiger partial charge in [0.15, 0.2) is 0 Å². The van der Waals surface area contributed by atoms with Crippen molar-refractivity contribution >= 4 is 11.6 Å². The van der Waals surface area contributed by atoms with Crippen LogP contribution in [0.5, 0.6) is 0 Å². The number of hydrogen-bond acceptors (Lipinski definition) is 1. The molecule has 0 fully saturated rings. The lowest BCUT2D eigenvalue weighted by Crippen LogP contribution is -1.98. The molecule has 2 aromatic rings. The predicted molar refractivity (Wildman–Crippen MR) is 93.6 cm³/mol. The summed E-state index contributed by atoms with van der Waals surface area (Å²) in [5.41, 5.74) is 5.30. The van der Waals surface area contributed by atoms with Crippen LogP contribution in [0, 0.1) is 11.3 Å². The molecule has 0 bridgehead atoms. The molecule has 2 aromatic carbocycles. The Balaban J connectivity index is 2.30. The Morgan fingerprint density at radius 3 is 2.09 bits per heavy atom. The molecule has 0 aliphatic heterocycles. The number of hydrogen-bond donors (Lipinski definition) is 0. The molecule has 0 aliphatic carbocycles. The molecule has 0 radical (unpaired) electrons. The molecule has 0 heterocycles. The van der Waals surface area contributed by atoms with E-state index in [1.807, 2.05) is 12.1 Å².